The van der Waals surface area contributed by atoms with Crippen LogP contribution in [0.2, 0.25) is 0 Å². The van der Waals surface area contributed by atoms with Crippen LogP contribution >= 0.6 is 0 Å². The van der Waals surface area contributed by atoms with Crippen LogP contribution in [0.25, 0.3) is 0 Å². The van der Waals surface area contributed by atoms with Gasteiger partial charge in [-0.2, -0.15) is 0 Å². The van der Waals surface area contributed by atoms with Crippen molar-refractivity contribution in [2.75, 3.05) is 6.54 Å². The van der Waals surface area contributed by atoms with Crippen LogP contribution < -0.4 is 5.32 Å². The highest BCUT2D eigenvalue weighted by Crippen LogP contribution is 2.33. The number of nitrogens with one attached hydrogen (secondary N) is 1. The summed E-state index contributed by atoms with van der Waals surface area (Å²) in [5, 5.41) is 14.3. The third-order valence-electron chi connectivity index (χ3n) is 5.42. The molecule has 2 aliphatic carbocycles. The van der Waals surface area contributed by atoms with Crippen LogP contribution in [-0.4, -0.2) is 23.3 Å². The van der Waals surface area contributed by atoms with E-state index >= 15 is 0 Å². The lowest BCUT2D eigenvalue weighted by atomic mass is 9.77. The highest BCUT2D eigenvalue weighted by Gasteiger charge is 2.33. The summed E-state index contributed by atoms with van der Waals surface area (Å²) in [6, 6.07) is 0.645. The number of hydrogen-bond acceptors (Lipinski definition) is 2. The van der Waals surface area contributed by atoms with Gasteiger partial charge >= 0.3 is 0 Å². The molecule has 2 heteroatoms. The lowest BCUT2D eigenvalue weighted by molar-refractivity contribution is -0.0128. The van der Waals surface area contributed by atoms with E-state index in [-0.39, 0.29) is 0 Å². The maximum absolute atomic E-state index is 10.6. The number of hydrogen-bond donors (Lipinski definition) is 2. The molecule has 2 unspecified atom stereocenters. The fourth-order valence-electron chi connectivity index (χ4n) is 3.74. The van der Waals surface area contributed by atoms with Gasteiger partial charge in [-0.3, -0.25) is 0 Å². The molecule has 2 N–H and O–H groups in total. The third-order valence-corrected chi connectivity index (χ3v) is 5.42. The van der Waals surface area contributed by atoms with Gasteiger partial charge in [-0.1, -0.05) is 33.1 Å². The fourth-order valence-corrected chi connectivity index (χ4v) is 3.74. The molecule has 0 aliphatic heterocycles. The average molecular weight is 253 g/mol. The van der Waals surface area contributed by atoms with Gasteiger partial charge < -0.3 is 10.4 Å². The number of aliphatic hydroxyl groups is 1. The predicted molar refractivity (Wildman–Crippen MR) is 76.6 cm³/mol. The Bertz CT molecular complexity index is 245. The summed E-state index contributed by atoms with van der Waals surface area (Å²) >= 11 is 0. The molecule has 18 heavy (non-hydrogen) atoms. The lowest BCUT2D eigenvalue weighted by Crippen LogP contribution is -2.48. The van der Waals surface area contributed by atoms with Crippen molar-refractivity contribution in [3.63, 3.8) is 0 Å². The summed E-state index contributed by atoms with van der Waals surface area (Å²) < 4.78 is 0. The molecule has 2 rings (SSSR count). The Kier molecular flexibility index (Phi) is 5.08. The second-order valence-corrected chi connectivity index (χ2v) is 6.83. The molecule has 2 saturated carbocycles. The Balaban J connectivity index is 1.75. The topological polar surface area (TPSA) is 32.3 Å². The first-order valence-corrected chi connectivity index (χ1v) is 8.09. The normalized spacial score (nSPS) is 41.8. The second kappa shape index (κ2) is 6.38. The Morgan fingerprint density at radius 1 is 1.11 bits per heavy atom. The summed E-state index contributed by atoms with van der Waals surface area (Å²) in [5.41, 5.74) is -0.414. The quantitative estimate of drug-likeness (QED) is 0.804. The molecule has 2 atom stereocenters. The molecular formula is C16H31NO. The molecular weight excluding hydrogens is 222 g/mol. The SMILES string of the molecule is CCC1CCC(O)(CNC2CCCCC2C)CC1. The molecule has 0 spiro atoms. The minimum atomic E-state index is -0.414. The van der Waals surface area contributed by atoms with Gasteiger partial charge in [-0.05, 0) is 50.4 Å². The first-order valence-electron chi connectivity index (χ1n) is 8.09. The second-order valence-electron chi connectivity index (χ2n) is 6.83. The summed E-state index contributed by atoms with van der Waals surface area (Å²) in [6.45, 7) is 5.45. The molecule has 0 aromatic carbocycles. The molecule has 0 aromatic rings. The third kappa shape index (κ3) is 3.71. The van der Waals surface area contributed by atoms with Crippen LogP contribution in [0.15, 0.2) is 0 Å². The van der Waals surface area contributed by atoms with E-state index in [1.54, 1.807) is 0 Å². The van der Waals surface area contributed by atoms with Crippen LogP contribution in [0, 0.1) is 11.8 Å². The Morgan fingerprint density at radius 3 is 2.39 bits per heavy atom. The van der Waals surface area contributed by atoms with Crippen molar-refractivity contribution in [1.82, 2.24) is 5.32 Å². The molecule has 2 nitrogen and oxygen atoms in total. The van der Waals surface area contributed by atoms with Crippen LogP contribution in [-0.2, 0) is 0 Å². The Labute approximate surface area is 113 Å². The minimum absolute atomic E-state index is 0.414. The minimum Gasteiger partial charge on any atom is -0.389 e. The summed E-state index contributed by atoms with van der Waals surface area (Å²) in [6.07, 6.45) is 11.1. The van der Waals surface area contributed by atoms with Gasteiger partial charge in [0.05, 0.1) is 5.60 Å². The van der Waals surface area contributed by atoms with E-state index in [2.05, 4.69) is 19.2 Å². The van der Waals surface area contributed by atoms with E-state index < -0.39 is 5.60 Å². The van der Waals surface area contributed by atoms with Gasteiger partial charge in [0.1, 0.15) is 0 Å². The summed E-state index contributed by atoms with van der Waals surface area (Å²) in [4.78, 5) is 0. The van der Waals surface area contributed by atoms with E-state index in [1.165, 1.54) is 44.9 Å². The fraction of sp³-hybridized carbons (Fsp3) is 1.00. The standard InChI is InChI=1S/C16H31NO/c1-3-14-8-10-16(18,11-9-14)12-17-15-7-5-4-6-13(15)2/h13-15,17-18H,3-12H2,1-2H3. The van der Waals surface area contributed by atoms with Crippen LogP contribution in [0.3, 0.4) is 0 Å². The molecule has 2 fully saturated rings. The van der Waals surface area contributed by atoms with E-state index in [9.17, 15) is 5.11 Å². The van der Waals surface area contributed by atoms with Gasteiger partial charge in [-0.15, -0.1) is 0 Å². The van der Waals surface area contributed by atoms with E-state index in [0.717, 1.165) is 31.2 Å². The van der Waals surface area contributed by atoms with Gasteiger partial charge in [-0.25, -0.2) is 0 Å². The van der Waals surface area contributed by atoms with Crippen molar-refractivity contribution in [2.45, 2.75) is 83.3 Å². The van der Waals surface area contributed by atoms with Crippen molar-refractivity contribution in [3.8, 4) is 0 Å². The van der Waals surface area contributed by atoms with Crippen molar-refractivity contribution >= 4 is 0 Å². The van der Waals surface area contributed by atoms with E-state index in [0.29, 0.717) is 6.04 Å². The molecule has 0 heterocycles. The van der Waals surface area contributed by atoms with Crippen molar-refractivity contribution in [3.05, 3.63) is 0 Å². The van der Waals surface area contributed by atoms with Crippen molar-refractivity contribution < 1.29 is 5.11 Å². The summed E-state index contributed by atoms with van der Waals surface area (Å²) in [5.74, 6) is 1.65. The predicted octanol–water partition coefficient (Wildman–Crippen LogP) is 3.49. The first kappa shape index (κ1) is 14.3. The van der Waals surface area contributed by atoms with Crippen LogP contribution in [0.5, 0.6) is 0 Å². The van der Waals surface area contributed by atoms with Gasteiger partial charge in [0, 0.05) is 12.6 Å². The van der Waals surface area contributed by atoms with Gasteiger partial charge in [0.2, 0.25) is 0 Å². The molecule has 0 saturated heterocycles. The zero-order chi connectivity index (χ0) is 13.0. The maximum atomic E-state index is 10.6. The highest BCUT2D eigenvalue weighted by atomic mass is 16.3. The van der Waals surface area contributed by atoms with Crippen molar-refractivity contribution in [1.29, 1.82) is 0 Å². The van der Waals surface area contributed by atoms with Gasteiger partial charge in [0.25, 0.3) is 0 Å². The van der Waals surface area contributed by atoms with Gasteiger partial charge in [0.15, 0.2) is 0 Å². The Hall–Kier alpha value is -0.0800. The monoisotopic (exact) mass is 253 g/mol. The van der Waals surface area contributed by atoms with Crippen LogP contribution in [0.4, 0.5) is 0 Å². The maximum Gasteiger partial charge on any atom is 0.0771 e. The number of rotatable bonds is 4. The average Bonchev–Trinajstić information content (AvgIpc) is 2.39. The highest BCUT2D eigenvalue weighted by molar-refractivity contribution is 4.89. The largest absolute Gasteiger partial charge is 0.389 e. The molecule has 0 amide bonds. The van der Waals surface area contributed by atoms with E-state index in [1.807, 2.05) is 0 Å². The Morgan fingerprint density at radius 2 is 1.78 bits per heavy atom. The molecule has 0 radical (unpaired) electrons. The first-order chi connectivity index (χ1) is 8.63. The smallest absolute Gasteiger partial charge is 0.0771 e. The molecule has 0 bridgehead atoms. The molecule has 106 valence electrons. The zero-order valence-corrected chi connectivity index (χ0v) is 12.3. The summed E-state index contributed by atoms with van der Waals surface area (Å²) in [7, 11) is 0. The molecule has 0 aromatic heterocycles. The zero-order valence-electron chi connectivity index (χ0n) is 12.3. The lowest BCUT2D eigenvalue weighted by Gasteiger charge is -2.38. The molecule has 2 aliphatic rings. The van der Waals surface area contributed by atoms with E-state index in [4.69, 9.17) is 0 Å². The van der Waals surface area contributed by atoms with Crippen LogP contribution in [0.1, 0.15) is 71.6 Å². The van der Waals surface area contributed by atoms with Crippen molar-refractivity contribution in [2.24, 2.45) is 11.8 Å².